The Hall–Kier alpha value is -2.22. The highest BCUT2D eigenvalue weighted by molar-refractivity contribution is 6.30. The van der Waals surface area contributed by atoms with Gasteiger partial charge in [0.25, 0.3) is 11.5 Å². The lowest BCUT2D eigenvalue weighted by atomic mass is 10.1. The van der Waals surface area contributed by atoms with Crippen molar-refractivity contribution < 1.29 is 14.6 Å². The highest BCUT2D eigenvalue weighted by Gasteiger charge is 2.28. The van der Waals surface area contributed by atoms with Gasteiger partial charge in [-0.1, -0.05) is 23.7 Å². The average molecular weight is 336 g/mol. The molecule has 3 N–H and O–H groups in total. The van der Waals surface area contributed by atoms with E-state index in [0.717, 1.165) is 0 Å². The minimum Gasteiger partial charge on any atom is -0.388 e. The molecule has 0 aliphatic carbocycles. The predicted molar refractivity (Wildman–Crippen MR) is 83.4 cm³/mol. The number of carbonyl (C=O) groups excluding carboxylic acids is 1. The minimum absolute atomic E-state index is 0.0796. The number of hydrogen-bond acceptors (Lipinski definition) is 5. The van der Waals surface area contributed by atoms with Gasteiger partial charge in [-0.15, -0.1) is 0 Å². The third-order valence-electron chi connectivity index (χ3n) is 3.56. The molecule has 2 heterocycles. The number of aliphatic hydroxyl groups excluding tert-OH is 1. The number of aromatic nitrogens is 2. The first-order valence-corrected chi connectivity index (χ1v) is 7.35. The number of amides is 1. The number of aliphatic hydroxyl groups is 1. The van der Waals surface area contributed by atoms with Gasteiger partial charge >= 0.3 is 0 Å². The molecule has 1 saturated heterocycles. The first-order chi connectivity index (χ1) is 11.0. The summed E-state index contributed by atoms with van der Waals surface area (Å²) in [5.41, 5.74) is 0.469. The lowest BCUT2D eigenvalue weighted by Gasteiger charge is -2.14. The van der Waals surface area contributed by atoms with E-state index in [-0.39, 0.29) is 18.8 Å². The van der Waals surface area contributed by atoms with Gasteiger partial charge in [0.2, 0.25) is 0 Å². The molecule has 120 valence electrons. The van der Waals surface area contributed by atoms with Gasteiger partial charge in [0.05, 0.1) is 31.1 Å². The number of carbonyl (C=O) groups is 1. The van der Waals surface area contributed by atoms with Crippen LogP contribution in [0.5, 0.6) is 0 Å². The Morgan fingerprint density at radius 1 is 1.35 bits per heavy atom. The molecule has 8 heteroatoms. The number of hydrogen-bond donors (Lipinski definition) is 3. The molecule has 0 saturated carbocycles. The zero-order valence-corrected chi connectivity index (χ0v) is 12.7. The molecule has 3 rings (SSSR count). The molecule has 1 aliphatic rings. The Balaban J connectivity index is 1.87. The molecule has 0 spiro atoms. The van der Waals surface area contributed by atoms with Crippen molar-refractivity contribution in [2.75, 3.05) is 13.2 Å². The molecule has 7 nitrogen and oxygen atoms in total. The summed E-state index contributed by atoms with van der Waals surface area (Å²) in [6.45, 7) is 0.369. The second-order valence-corrected chi connectivity index (χ2v) is 5.62. The second-order valence-electron chi connectivity index (χ2n) is 5.19. The molecule has 1 amide bonds. The molecule has 1 aromatic heterocycles. The highest BCUT2D eigenvalue weighted by atomic mass is 35.5. The summed E-state index contributed by atoms with van der Waals surface area (Å²) in [7, 11) is 0. The Kier molecular flexibility index (Phi) is 4.42. The van der Waals surface area contributed by atoms with E-state index in [2.05, 4.69) is 15.5 Å². The molecule has 2 unspecified atom stereocenters. The summed E-state index contributed by atoms with van der Waals surface area (Å²) in [4.78, 5) is 24.1. The van der Waals surface area contributed by atoms with Crippen molar-refractivity contribution in [2.24, 2.45) is 0 Å². The SMILES string of the molecule is O=C(NC1COCC1O)c1cc(-c2ccc(Cl)cc2)n[nH]c1=O. The number of aromatic amines is 1. The van der Waals surface area contributed by atoms with Gasteiger partial charge in [0.15, 0.2) is 0 Å². The Bertz CT molecular complexity index is 775. The number of nitrogens with one attached hydrogen (secondary N) is 2. The van der Waals surface area contributed by atoms with Crippen molar-refractivity contribution in [3.05, 3.63) is 51.3 Å². The van der Waals surface area contributed by atoms with E-state index in [1.807, 2.05) is 0 Å². The van der Waals surface area contributed by atoms with Crippen molar-refractivity contribution in [3.63, 3.8) is 0 Å². The number of nitrogens with zero attached hydrogens (tertiary/aromatic N) is 1. The van der Waals surface area contributed by atoms with Gasteiger partial charge in [-0.25, -0.2) is 5.10 Å². The van der Waals surface area contributed by atoms with Crippen LogP contribution in [0.3, 0.4) is 0 Å². The smallest absolute Gasteiger partial charge is 0.277 e. The van der Waals surface area contributed by atoms with Gasteiger partial charge in [-0.05, 0) is 18.2 Å². The van der Waals surface area contributed by atoms with Crippen LogP contribution in [-0.2, 0) is 4.74 Å². The van der Waals surface area contributed by atoms with Crippen LogP contribution in [-0.4, -0.2) is 46.6 Å². The van der Waals surface area contributed by atoms with E-state index in [4.69, 9.17) is 16.3 Å². The van der Waals surface area contributed by atoms with Crippen LogP contribution in [0.1, 0.15) is 10.4 Å². The maximum absolute atomic E-state index is 12.3. The fourth-order valence-electron chi connectivity index (χ4n) is 2.27. The summed E-state index contributed by atoms with van der Waals surface area (Å²) >= 11 is 5.84. The number of ether oxygens (including phenoxy) is 1. The third-order valence-corrected chi connectivity index (χ3v) is 3.81. The first kappa shape index (κ1) is 15.7. The van der Waals surface area contributed by atoms with Crippen LogP contribution >= 0.6 is 11.6 Å². The number of halogens is 1. The fourth-order valence-corrected chi connectivity index (χ4v) is 2.40. The second kappa shape index (κ2) is 6.49. The monoisotopic (exact) mass is 335 g/mol. The van der Waals surface area contributed by atoms with Crippen molar-refractivity contribution >= 4 is 17.5 Å². The maximum atomic E-state index is 12.3. The van der Waals surface area contributed by atoms with Crippen molar-refractivity contribution in [1.82, 2.24) is 15.5 Å². The number of H-pyrrole nitrogens is 1. The van der Waals surface area contributed by atoms with Gasteiger partial charge in [0.1, 0.15) is 5.56 Å². The van der Waals surface area contributed by atoms with Crippen LogP contribution in [0.4, 0.5) is 0 Å². The summed E-state index contributed by atoms with van der Waals surface area (Å²) < 4.78 is 5.07. The molecule has 23 heavy (non-hydrogen) atoms. The fraction of sp³-hybridized carbons (Fsp3) is 0.267. The molecule has 2 aromatic rings. The third kappa shape index (κ3) is 3.42. The molecule has 1 aromatic carbocycles. The van der Waals surface area contributed by atoms with Gasteiger partial charge in [-0.3, -0.25) is 9.59 Å². The normalized spacial score (nSPS) is 20.4. The van der Waals surface area contributed by atoms with E-state index in [0.29, 0.717) is 16.3 Å². The van der Waals surface area contributed by atoms with Crippen molar-refractivity contribution in [2.45, 2.75) is 12.1 Å². The summed E-state index contributed by atoms with van der Waals surface area (Å²) in [6, 6.07) is 7.72. The maximum Gasteiger partial charge on any atom is 0.277 e. The van der Waals surface area contributed by atoms with Crippen LogP contribution in [0.25, 0.3) is 11.3 Å². The largest absolute Gasteiger partial charge is 0.388 e. The van der Waals surface area contributed by atoms with Crippen molar-refractivity contribution in [1.29, 1.82) is 0 Å². The highest BCUT2D eigenvalue weighted by Crippen LogP contribution is 2.19. The first-order valence-electron chi connectivity index (χ1n) is 6.97. The van der Waals surface area contributed by atoms with Crippen LogP contribution in [0, 0.1) is 0 Å². The Labute approximate surface area is 136 Å². The summed E-state index contributed by atoms with van der Waals surface area (Å²) in [5.74, 6) is -0.585. The van der Waals surface area contributed by atoms with Crippen molar-refractivity contribution in [3.8, 4) is 11.3 Å². The molecule has 1 aliphatic heterocycles. The Morgan fingerprint density at radius 2 is 2.09 bits per heavy atom. The van der Waals surface area contributed by atoms with E-state index < -0.39 is 23.6 Å². The average Bonchev–Trinajstić information content (AvgIpc) is 2.94. The minimum atomic E-state index is -0.782. The number of rotatable bonds is 3. The zero-order chi connectivity index (χ0) is 16.4. The van der Waals surface area contributed by atoms with E-state index in [1.54, 1.807) is 24.3 Å². The lowest BCUT2D eigenvalue weighted by molar-refractivity contribution is 0.0884. The molecule has 1 fully saturated rings. The topological polar surface area (TPSA) is 104 Å². The van der Waals surface area contributed by atoms with E-state index >= 15 is 0 Å². The Morgan fingerprint density at radius 3 is 2.74 bits per heavy atom. The molecule has 0 bridgehead atoms. The lowest BCUT2D eigenvalue weighted by Crippen LogP contribution is -2.44. The van der Waals surface area contributed by atoms with Gasteiger partial charge in [-0.2, -0.15) is 5.10 Å². The van der Waals surface area contributed by atoms with Gasteiger partial charge < -0.3 is 15.2 Å². The molecule has 0 radical (unpaired) electrons. The van der Waals surface area contributed by atoms with Crippen LogP contribution in [0.2, 0.25) is 5.02 Å². The van der Waals surface area contributed by atoms with Crippen LogP contribution < -0.4 is 10.9 Å². The van der Waals surface area contributed by atoms with Gasteiger partial charge in [0, 0.05) is 10.6 Å². The van der Waals surface area contributed by atoms with E-state index in [9.17, 15) is 14.7 Å². The summed E-state index contributed by atoms with van der Waals surface area (Å²) in [5, 5.41) is 19.1. The summed E-state index contributed by atoms with van der Waals surface area (Å²) in [6.07, 6.45) is -0.782. The zero-order valence-electron chi connectivity index (χ0n) is 12.0. The molecular formula is C15H14ClN3O4. The van der Waals surface area contributed by atoms with Crippen LogP contribution in [0.15, 0.2) is 35.1 Å². The predicted octanol–water partition coefficient (Wildman–Crippen LogP) is 0.580. The quantitative estimate of drug-likeness (QED) is 0.761. The standard InChI is InChI=1S/C15H14ClN3O4/c16-9-3-1-8(2-4-9)11-5-10(15(22)19-18-11)14(21)17-12-6-23-7-13(12)20/h1-5,12-13,20H,6-7H2,(H,17,21)(H,19,22). The number of benzene rings is 1. The molecular weight excluding hydrogens is 322 g/mol. The van der Waals surface area contributed by atoms with E-state index in [1.165, 1.54) is 6.07 Å². The molecule has 2 atom stereocenters.